The molecule has 1 amide bonds. The normalized spacial score (nSPS) is 11.5. The van der Waals surface area contributed by atoms with Crippen molar-refractivity contribution in [2.24, 2.45) is 0 Å². The van der Waals surface area contributed by atoms with Crippen molar-refractivity contribution >= 4 is 15.7 Å². The summed E-state index contributed by atoms with van der Waals surface area (Å²) in [6.07, 6.45) is 1.43. The van der Waals surface area contributed by atoms with Crippen molar-refractivity contribution < 1.29 is 13.2 Å². The second-order valence-electron chi connectivity index (χ2n) is 6.19. The lowest BCUT2D eigenvalue weighted by atomic mass is 10.1. The topological polar surface area (TPSA) is 54.5 Å². The Morgan fingerprint density at radius 2 is 1.54 bits per heavy atom. The third-order valence-electron chi connectivity index (χ3n) is 3.85. The van der Waals surface area contributed by atoms with Crippen LogP contribution < -0.4 is 0 Å². The standard InChI is InChI=1S/C19H23NO3S/c1-15(2)20(14-17-7-5-4-6-8-17)19(21)13-16-9-11-18(12-10-16)24(3,22)23/h4-12,15H,13-14H2,1-3H3. The van der Waals surface area contributed by atoms with Crippen LogP contribution in [0.4, 0.5) is 0 Å². The zero-order chi connectivity index (χ0) is 17.7. The van der Waals surface area contributed by atoms with Gasteiger partial charge < -0.3 is 4.90 Å². The van der Waals surface area contributed by atoms with Crippen LogP contribution in [0.1, 0.15) is 25.0 Å². The Kier molecular flexibility index (Phi) is 5.78. The Labute approximate surface area is 144 Å². The molecule has 128 valence electrons. The summed E-state index contributed by atoms with van der Waals surface area (Å²) in [5, 5.41) is 0. The Morgan fingerprint density at radius 1 is 0.958 bits per heavy atom. The molecule has 0 aromatic heterocycles. The van der Waals surface area contributed by atoms with Crippen LogP contribution in [0.2, 0.25) is 0 Å². The van der Waals surface area contributed by atoms with Gasteiger partial charge in [-0.25, -0.2) is 8.42 Å². The smallest absolute Gasteiger partial charge is 0.227 e. The van der Waals surface area contributed by atoms with Gasteiger partial charge in [0.05, 0.1) is 11.3 Å². The minimum absolute atomic E-state index is 0.0287. The Morgan fingerprint density at radius 3 is 2.04 bits per heavy atom. The number of hydrogen-bond acceptors (Lipinski definition) is 3. The fourth-order valence-electron chi connectivity index (χ4n) is 2.47. The van der Waals surface area contributed by atoms with Crippen molar-refractivity contribution in [3.8, 4) is 0 Å². The van der Waals surface area contributed by atoms with E-state index in [-0.39, 0.29) is 23.3 Å². The minimum atomic E-state index is -3.21. The van der Waals surface area contributed by atoms with E-state index in [1.165, 1.54) is 6.26 Å². The molecule has 0 aliphatic rings. The molecule has 0 saturated carbocycles. The Hall–Kier alpha value is -2.14. The van der Waals surface area contributed by atoms with Gasteiger partial charge in [-0.1, -0.05) is 42.5 Å². The molecule has 0 N–H and O–H groups in total. The molecule has 5 heteroatoms. The van der Waals surface area contributed by atoms with Crippen LogP contribution in [0, 0.1) is 0 Å². The number of hydrogen-bond donors (Lipinski definition) is 0. The molecule has 2 rings (SSSR count). The molecule has 2 aromatic carbocycles. The second kappa shape index (κ2) is 7.62. The quantitative estimate of drug-likeness (QED) is 0.808. The summed E-state index contributed by atoms with van der Waals surface area (Å²) < 4.78 is 23.0. The highest BCUT2D eigenvalue weighted by atomic mass is 32.2. The van der Waals surface area contributed by atoms with Gasteiger partial charge >= 0.3 is 0 Å². The minimum Gasteiger partial charge on any atom is -0.336 e. The Balaban J connectivity index is 2.10. The van der Waals surface area contributed by atoms with Gasteiger partial charge in [-0.05, 0) is 37.1 Å². The zero-order valence-electron chi connectivity index (χ0n) is 14.3. The monoisotopic (exact) mass is 345 g/mol. The van der Waals surface area contributed by atoms with E-state index in [9.17, 15) is 13.2 Å². The first-order valence-electron chi connectivity index (χ1n) is 7.90. The molecule has 0 spiro atoms. The van der Waals surface area contributed by atoms with Gasteiger partial charge in [0.25, 0.3) is 0 Å². The fraction of sp³-hybridized carbons (Fsp3) is 0.316. The second-order valence-corrected chi connectivity index (χ2v) is 8.21. The molecular formula is C19H23NO3S. The van der Waals surface area contributed by atoms with E-state index < -0.39 is 9.84 Å². The lowest BCUT2D eigenvalue weighted by Gasteiger charge is -2.27. The molecule has 24 heavy (non-hydrogen) atoms. The first-order valence-corrected chi connectivity index (χ1v) is 9.79. The summed E-state index contributed by atoms with van der Waals surface area (Å²) in [5.41, 5.74) is 1.90. The molecule has 0 aliphatic heterocycles. The number of sulfone groups is 1. The van der Waals surface area contributed by atoms with Gasteiger partial charge in [0, 0.05) is 18.8 Å². The third kappa shape index (κ3) is 4.93. The Bertz CT molecular complexity index is 781. The molecule has 0 aliphatic carbocycles. The molecule has 0 unspecified atom stereocenters. The maximum Gasteiger partial charge on any atom is 0.227 e. The van der Waals surface area contributed by atoms with Crippen LogP contribution in [-0.2, 0) is 27.6 Å². The average Bonchev–Trinajstić information content (AvgIpc) is 2.53. The van der Waals surface area contributed by atoms with Crippen molar-refractivity contribution in [3.05, 3.63) is 65.7 Å². The fourth-order valence-corrected chi connectivity index (χ4v) is 3.10. The first-order chi connectivity index (χ1) is 11.3. The maximum absolute atomic E-state index is 12.6. The van der Waals surface area contributed by atoms with Crippen LogP contribution in [0.3, 0.4) is 0 Å². The summed E-state index contributed by atoms with van der Waals surface area (Å²) in [7, 11) is -3.21. The van der Waals surface area contributed by atoms with Crippen molar-refractivity contribution in [1.82, 2.24) is 4.90 Å². The summed E-state index contributed by atoms with van der Waals surface area (Å²) in [6, 6.07) is 16.5. The highest BCUT2D eigenvalue weighted by molar-refractivity contribution is 7.90. The van der Waals surface area contributed by atoms with E-state index in [0.717, 1.165) is 11.1 Å². The lowest BCUT2D eigenvalue weighted by molar-refractivity contribution is -0.132. The van der Waals surface area contributed by atoms with E-state index in [1.807, 2.05) is 49.1 Å². The highest BCUT2D eigenvalue weighted by Gasteiger charge is 2.18. The largest absolute Gasteiger partial charge is 0.336 e. The van der Waals surface area contributed by atoms with Crippen molar-refractivity contribution in [3.63, 3.8) is 0 Å². The van der Waals surface area contributed by atoms with E-state index >= 15 is 0 Å². The molecule has 0 heterocycles. The molecular weight excluding hydrogens is 322 g/mol. The van der Waals surface area contributed by atoms with Crippen molar-refractivity contribution in [2.75, 3.05) is 6.26 Å². The molecule has 2 aromatic rings. The lowest BCUT2D eigenvalue weighted by Crippen LogP contribution is -2.37. The van der Waals surface area contributed by atoms with E-state index in [0.29, 0.717) is 6.54 Å². The van der Waals surface area contributed by atoms with Crippen molar-refractivity contribution in [2.45, 2.75) is 37.8 Å². The van der Waals surface area contributed by atoms with Crippen LogP contribution >= 0.6 is 0 Å². The van der Waals surface area contributed by atoms with Crippen LogP contribution in [0.15, 0.2) is 59.5 Å². The van der Waals surface area contributed by atoms with Crippen LogP contribution in [-0.4, -0.2) is 31.5 Å². The van der Waals surface area contributed by atoms with Crippen LogP contribution in [0.25, 0.3) is 0 Å². The van der Waals surface area contributed by atoms with Crippen molar-refractivity contribution in [1.29, 1.82) is 0 Å². The zero-order valence-corrected chi connectivity index (χ0v) is 15.1. The number of benzene rings is 2. The number of amides is 1. The average molecular weight is 345 g/mol. The molecule has 0 atom stereocenters. The predicted molar refractivity (Wildman–Crippen MR) is 95.4 cm³/mol. The molecule has 0 saturated heterocycles. The SMILES string of the molecule is CC(C)N(Cc1ccccc1)C(=O)Cc1ccc(S(C)(=O)=O)cc1. The molecule has 0 fully saturated rings. The predicted octanol–water partition coefficient (Wildman–Crippen LogP) is 3.07. The number of rotatable bonds is 6. The summed E-state index contributed by atoms with van der Waals surface area (Å²) in [4.78, 5) is 14.7. The number of carbonyl (C=O) groups is 1. The summed E-state index contributed by atoms with van der Waals surface area (Å²) in [5.74, 6) is 0.0287. The van der Waals surface area contributed by atoms with E-state index in [4.69, 9.17) is 0 Å². The number of carbonyl (C=O) groups excluding carboxylic acids is 1. The first kappa shape index (κ1) is 18.2. The van der Waals surface area contributed by atoms with Gasteiger partial charge in [0.1, 0.15) is 0 Å². The van der Waals surface area contributed by atoms with E-state index in [2.05, 4.69) is 0 Å². The summed E-state index contributed by atoms with van der Waals surface area (Å²) >= 11 is 0. The third-order valence-corrected chi connectivity index (χ3v) is 4.97. The van der Waals surface area contributed by atoms with Gasteiger partial charge in [-0.2, -0.15) is 0 Å². The van der Waals surface area contributed by atoms with Gasteiger partial charge in [0.15, 0.2) is 9.84 Å². The molecule has 0 bridgehead atoms. The van der Waals surface area contributed by atoms with Gasteiger partial charge in [-0.15, -0.1) is 0 Å². The van der Waals surface area contributed by atoms with E-state index in [1.54, 1.807) is 24.3 Å². The van der Waals surface area contributed by atoms with Gasteiger partial charge in [0.2, 0.25) is 5.91 Å². The van der Waals surface area contributed by atoms with Gasteiger partial charge in [-0.3, -0.25) is 4.79 Å². The molecule has 4 nitrogen and oxygen atoms in total. The maximum atomic E-state index is 12.6. The van der Waals surface area contributed by atoms with Crippen LogP contribution in [0.5, 0.6) is 0 Å². The highest BCUT2D eigenvalue weighted by Crippen LogP contribution is 2.14. The molecule has 0 radical (unpaired) electrons. The number of nitrogens with zero attached hydrogens (tertiary/aromatic N) is 1. The summed E-state index contributed by atoms with van der Waals surface area (Å²) in [6.45, 7) is 4.56.